The molecule has 0 radical (unpaired) electrons. The van der Waals surface area contributed by atoms with Crippen LogP contribution in [0.25, 0.3) is 0 Å². The molecule has 6 fully saturated rings. The quantitative estimate of drug-likeness (QED) is 0.446. The van der Waals surface area contributed by atoms with Crippen LogP contribution in [0.3, 0.4) is 0 Å². The van der Waals surface area contributed by atoms with Gasteiger partial charge in [0.15, 0.2) is 0 Å². The Kier molecular flexibility index (Phi) is 4.49. The van der Waals surface area contributed by atoms with Crippen LogP contribution in [0.2, 0.25) is 0 Å². The molecular weight excluding hydrogens is 348 g/mol. The molecule has 0 aromatic carbocycles. The predicted molar refractivity (Wildman–Crippen MR) is 96.8 cm³/mol. The van der Waals surface area contributed by atoms with Crippen molar-refractivity contribution in [3.63, 3.8) is 0 Å². The maximum atomic E-state index is 6.44. The lowest BCUT2D eigenvalue weighted by Gasteiger charge is -2.32. The van der Waals surface area contributed by atoms with Crippen LogP contribution in [0.4, 0.5) is 0 Å². The zero-order valence-electron chi connectivity index (χ0n) is 16.1. The zero-order valence-corrected chi connectivity index (χ0v) is 16.1. The molecule has 0 aromatic rings. The van der Waals surface area contributed by atoms with Gasteiger partial charge in [-0.3, -0.25) is 9.80 Å². The Morgan fingerprint density at radius 1 is 0.704 bits per heavy atom. The van der Waals surface area contributed by atoms with Gasteiger partial charge in [-0.25, -0.2) is 0 Å². The molecule has 27 heavy (non-hydrogen) atoms. The van der Waals surface area contributed by atoms with Crippen LogP contribution >= 0.6 is 0 Å². The summed E-state index contributed by atoms with van der Waals surface area (Å²) in [6.45, 7) is 10.1. The predicted octanol–water partition coefficient (Wildman–Crippen LogP) is 0.123. The number of hydrogen-bond acceptors (Lipinski definition) is 7. The van der Waals surface area contributed by atoms with E-state index in [0.29, 0.717) is 36.4 Å². The molecule has 152 valence electrons. The number of hydrogen-bond donors (Lipinski definition) is 0. The minimum atomic E-state index is 0.0878. The molecule has 0 aromatic heterocycles. The van der Waals surface area contributed by atoms with Gasteiger partial charge in [-0.05, 0) is 19.3 Å². The van der Waals surface area contributed by atoms with Crippen LogP contribution in [0.15, 0.2) is 0 Å². The highest BCUT2D eigenvalue weighted by molar-refractivity contribution is 5.11. The molecule has 1 aliphatic carbocycles. The molecule has 7 heteroatoms. The second kappa shape index (κ2) is 6.90. The van der Waals surface area contributed by atoms with Crippen molar-refractivity contribution >= 4 is 0 Å². The summed E-state index contributed by atoms with van der Waals surface area (Å²) in [5.74, 6) is 0.646. The van der Waals surface area contributed by atoms with Gasteiger partial charge in [0.2, 0.25) is 0 Å². The molecule has 6 rings (SSSR count). The van der Waals surface area contributed by atoms with Gasteiger partial charge in [-0.1, -0.05) is 0 Å². The van der Waals surface area contributed by atoms with Crippen LogP contribution in [0.1, 0.15) is 19.3 Å². The van der Waals surface area contributed by atoms with Crippen molar-refractivity contribution in [2.45, 2.75) is 55.4 Å². The number of nitrogens with zero attached hydrogens (tertiary/aromatic N) is 2. The van der Waals surface area contributed by atoms with Gasteiger partial charge in [-0.15, -0.1) is 0 Å². The van der Waals surface area contributed by atoms with E-state index >= 15 is 0 Å². The number of fused-ring (bicyclic) bond motifs is 1. The SMILES string of the molecule is C1CC(CN(CC2CO2)CC2CO2)C2OC2(CN(CC2CO2)CC2CO2)C1. The van der Waals surface area contributed by atoms with E-state index in [4.69, 9.17) is 23.7 Å². The summed E-state index contributed by atoms with van der Waals surface area (Å²) >= 11 is 0. The second-order valence-corrected chi connectivity index (χ2v) is 9.49. The van der Waals surface area contributed by atoms with Crippen LogP contribution in [0, 0.1) is 5.92 Å². The number of epoxide rings is 5. The van der Waals surface area contributed by atoms with Crippen molar-refractivity contribution in [2.75, 3.05) is 65.7 Å². The first kappa shape index (κ1) is 17.6. The fraction of sp³-hybridized carbons (Fsp3) is 1.00. The third-order valence-electron chi connectivity index (χ3n) is 6.87. The van der Waals surface area contributed by atoms with Crippen LogP contribution in [0.5, 0.6) is 0 Å². The number of rotatable bonds is 12. The van der Waals surface area contributed by atoms with E-state index in [-0.39, 0.29) is 5.60 Å². The lowest BCUT2D eigenvalue weighted by molar-refractivity contribution is 0.152. The topological polar surface area (TPSA) is 69.1 Å². The molecule has 0 bridgehead atoms. The zero-order chi connectivity index (χ0) is 17.8. The summed E-state index contributed by atoms with van der Waals surface area (Å²) in [5, 5.41) is 0. The summed E-state index contributed by atoms with van der Waals surface area (Å²) in [4.78, 5) is 5.12. The average Bonchev–Trinajstić information content (AvgIpc) is 3.45. The van der Waals surface area contributed by atoms with Crippen LogP contribution < -0.4 is 0 Å². The molecule has 6 aliphatic rings. The van der Waals surface area contributed by atoms with Crippen molar-refractivity contribution in [2.24, 2.45) is 5.92 Å². The molecule has 1 saturated carbocycles. The Morgan fingerprint density at radius 2 is 1.22 bits per heavy atom. The largest absolute Gasteiger partial charge is 0.372 e. The summed E-state index contributed by atoms with van der Waals surface area (Å²) < 4.78 is 28.4. The van der Waals surface area contributed by atoms with Gasteiger partial charge >= 0.3 is 0 Å². The Morgan fingerprint density at radius 3 is 1.74 bits per heavy atom. The van der Waals surface area contributed by atoms with E-state index in [1.807, 2.05) is 0 Å². The molecule has 5 saturated heterocycles. The van der Waals surface area contributed by atoms with Gasteiger partial charge in [0, 0.05) is 45.2 Å². The smallest absolute Gasteiger partial charge is 0.108 e. The maximum absolute atomic E-state index is 6.44. The van der Waals surface area contributed by atoms with Crippen molar-refractivity contribution in [1.29, 1.82) is 0 Å². The first-order valence-electron chi connectivity index (χ1n) is 10.8. The summed E-state index contributed by atoms with van der Waals surface area (Å²) in [7, 11) is 0. The van der Waals surface area contributed by atoms with Crippen LogP contribution in [-0.2, 0) is 23.7 Å². The summed E-state index contributed by atoms with van der Waals surface area (Å²) in [6, 6.07) is 0. The molecule has 5 heterocycles. The Balaban J connectivity index is 1.06. The third-order valence-corrected chi connectivity index (χ3v) is 6.87. The Labute approximate surface area is 161 Å². The molecule has 0 N–H and O–H groups in total. The summed E-state index contributed by atoms with van der Waals surface area (Å²) in [6.07, 6.45) is 5.97. The fourth-order valence-corrected chi connectivity index (χ4v) is 5.14. The van der Waals surface area contributed by atoms with Crippen molar-refractivity contribution in [3.8, 4) is 0 Å². The minimum Gasteiger partial charge on any atom is -0.372 e. The molecule has 7 nitrogen and oxygen atoms in total. The third kappa shape index (κ3) is 4.50. The fourth-order valence-electron chi connectivity index (χ4n) is 5.14. The van der Waals surface area contributed by atoms with Gasteiger partial charge in [0.25, 0.3) is 0 Å². The van der Waals surface area contributed by atoms with E-state index in [0.717, 1.165) is 65.7 Å². The Hall–Kier alpha value is -0.280. The van der Waals surface area contributed by atoms with E-state index in [1.165, 1.54) is 19.3 Å². The normalized spacial score (nSPS) is 46.4. The maximum Gasteiger partial charge on any atom is 0.108 e. The monoisotopic (exact) mass is 380 g/mol. The van der Waals surface area contributed by atoms with Gasteiger partial charge in [0.05, 0.1) is 56.9 Å². The van der Waals surface area contributed by atoms with Gasteiger partial charge in [-0.2, -0.15) is 0 Å². The lowest BCUT2D eigenvalue weighted by atomic mass is 9.80. The molecule has 0 amide bonds. The van der Waals surface area contributed by atoms with Crippen molar-refractivity contribution in [3.05, 3.63) is 0 Å². The van der Waals surface area contributed by atoms with E-state index in [9.17, 15) is 0 Å². The van der Waals surface area contributed by atoms with E-state index < -0.39 is 0 Å². The van der Waals surface area contributed by atoms with Gasteiger partial charge in [0.1, 0.15) is 5.60 Å². The highest BCUT2D eigenvalue weighted by Crippen LogP contribution is 2.51. The van der Waals surface area contributed by atoms with Gasteiger partial charge < -0.3 is 23.7 Å². The van der Waals surface area contributed by atoms with Crippen LogP contribution in [-0.4, -0.2) is 112 Å². The highest BCUT2D eigenvalue weighted by Gasteiger charge is 2.62. The van der Waals surface area contributed by atoms with E-state index in [2.05, 4.69) is 9.80 Å². The molecule has 7 unspecified atom stereocenters. The Bertz CT molecular complexity index is 520. The first-order valence-corrected chi connectivity index (χ1v) is 10.8. The molecular formula is C20H32N2O5. The minimum absolute atomic E-state index is 0.0878. The molecule has 7 atom stereocenters. The lowest BCUT2D eigenvalue weighted by Crippen LogP contribution is -2.45. The van der Waals surface area contributed by atoms with Crippen molar-refractivity contribution in [1.82, 2.24) is 9.80 Å². The average molecular weight is 380 g/mol. The molecule has 5 aliphatic heterocycles. The number of ether oxygens (including phenoxy) is 5. The van der Waals surface area contributed by atoms with E-state index in [1.54, 1.807) is 0 Å². The second-order valence-electron chi connectivity index (χ2n) is 9.49. The summed E-state index contributed by atoms with van der Waals surface area (Å²) in [5.41, 5.74) is 0.0878. The first-order chi connectivity index (χ1) is 13.3. The standard InChI is InChI=1S/C20H32N2O5/c1-2-14(4-21(5-15-9-23-15)6-16-10-24-16)19-20(3-1,27-19)13-22(7-17-11-25-17)8-18-12-26-18/h14-19H,1-13H2. The highest BCUT2D eigenvalue weighted by atomic mass is 16.6. The van der Waals surface area contributed by atoms with Crippen molar-refractivity contribution < 1.29 is 23.7 Å². The molecule has 0 spiro atoms.